The molecule has 0 saturated heterocycles. The van der Waals surface area contributed by atoms with Crippen LogP contribution in [0.5, 0.6) is 0 Å². The lowest BCUT2D eigenvalue weighted by molar-refractivity contribution is 0.785. The lowest BCUT2D eigenvalue weighted by Gasteiger charge is -2.07. The van der Waals surface area contributed by atoms with Crippen molar-refractivity contribution in [1.82, 2.24) is 0 Å². The summed E-state index contributed by atoms with van der Waals surface area (Å²) in [5.41, 5.74) is 8.53. The lowest BCUT2D eigenvalue weighted by atomic mass is 10.1. The summed E-state index contributed by atoms with van der Waals surface area (Å²) < 4.78 is 0. The fourth-order valence-electron chi connectivity index (χ4n) is 1.77. The average Bonchev–Trinajstić information content (AvgIpc) is 2.44. The summed E-state index contributed by atoms with van der Waals surface area (Å²) in [6.07, 6.45) is 2.70. The predicted octanol–water partition coefficient (Wildman–Crippen LogP) is 3.75. The van der Waals surface area contributed by atoms with Gasteiger partial charge in [0.25, 0.3) is 0 Å². The van der Waals surface area contributed by atoms with Crippen molar-refractivity contribution in [2.75, 3.05) is 0 Å². The number of nitrogens with two attached hydrogens (primary N) is 1. The average molecular weight is 286 g/mol. The van der Waals surface area contributed by atoms with Gasteiger partial charge in [0.05, 0.1) is 6.34 Å². The third kappa shape index (κ3) is 3.93. The van der Waals surface area contributed by atoms with E-state index in [2.05, 4.69) is 9.98 Å². The second kappa shape index (κ2) is 6.87. The zero-order valence-corrected chi connectivity index (χ0v) is 12.0. The van der Waals surface area contributed by atoms with E-state index in [0.717, 1.165) is 11.1 Å². The molecule has 0 amide bonds. The first-order chi connectivity index (χ1) is 9.69. The number of rotatable bonds is 4. The van der Waals surface area contributed by atoms with Crippen LogP contribution in [0.4, 0.5) is 0 Å². The standard InChI is InChI=1S/C16H16ClN3/c1-12-5-7-14(8-6-12)16(20-11-18)19-10-13-3-2-4-15(17)9-13/h2-11,16H,1H3,(H2,18,20). The van der Waals surface area contributed by atoms with E-state index in [4.69, 9.17) is 17.3 Å². The van der Waals surface area contributed by atoms with Crippen LogP contribution in [-0.2, 0) is 0 Å². The van der Waals surface area contributed by atoms with Gasteiger partial charge in [-0.05, 0) is 30.2 Å². The molecule has 20 heavy (non-hydrogen) atoms. The smallest absolute Gasteiger partial charge is 0.166 e. The fourth-order valence-corrected chi connectivity index (χ4v) is 1.97. The molecule has 3 nitrogen and oxygen atoms in total. The molecule has 0 aromatic heterocycles. The summed E-state index contributed by atoms with van der Waals surface area (Å²) in [7, 11) is 0. The van der Waals surface area contributed by atoms with Crippen LogP contribution in [0.3, 0.4) is 0 Å². The van der Waals surface area contributed by atoms with Gasteiger partial charge in [-0.2, -0.15) is 0 Å². The Kier molecular flexibility index (Phi) is 4.91. The van der Waals surface area contributed by atoms with Gasteiger partial charge in [-0.25, -0.2) is 4.99 Å². The highest BCUT2D eigenvalue weighted by Gasteiger charge is 2.05. The van der Waals surface area contributed by atoms with E-state index in [1.54, 1.807) is 6.21 Å². The minimum absolute atomic E-state index is 0.334. The van der Waals surface area contributed by atoms with E-state index in [9.17, 15) is 0 Å². The molecule has 0 aliphatic rings. The van der Waals surface area contributed by atoms with Crippen molar-refractivity contribution in [3.63, 3.8) is 0 Å². The zero-order valence-electron chi connectivity index (χ0n) is 11.2. The number of halogens is 1. The van der Waals surface area contributed by atoms with Gasteiger partial charge in [0.2, 0.25) is 0 Å². The van der Waals surface area contributed by atoms with Crippen LogP contribution in [0.15, 0.2) is 58.5 Å². The molecule has 2 rings (SSSR count). The summed E-state index contributed by atoms with van der Waals surface area (Å²) >= 11 is 5.94. The van der Waals surface area contributed by atoms with Gasteiger partial charge >= 0.3 is 0 Å². The summed E-state index contributed by atoms with van der Waals surface area (Å²) in [5, 5.41) is 0.683. The normalized spacial score (nSPS) is 13.1. The van der Waals surface area contributed by atoms with Gasteiger partial charge in [-0.1, -0.05) is 53.6 Å². The molecule has 2 N–H and O–H groups in total. The molecule has 1 unspecified atom stereocenters. The maximum absolute atomic E-state index is 5.94. The highest BCUT2D eigenvalue weighted by Crippen LogP contribution is 2.19. The molecular weight excluding hydrogens is 270 g/mol. The van der Waals surface area contributed by atoms with Crippen molar-refractivity contribution in [3.05, 3.63) is 70.2 Å². The van der Waals surface area contributed by atoms with Crippen LogP contribution in [0, 0.1) is 6.92 Å². The first-order valence-corrected chi connectivity index (χ1v) is 6.65. The van der Waals surface area contributed by atoms with Crippen molar-refractivity contribution in [3.8, 4) is 0 Å². The Morgan fingerprint density at radius 1 is 1.10 bits per heavy atom. The van der Waals surface area contributed by atoms with Crippen molar-refractivity contribution < 1.29 is 0 Å². The maximum atomic E-state index is 5.94. The second-order valence-corrected chi connectivity index (χ2v) is 4.85. The van der Waals surface area contributed by atoms with E-state index in [1.807, 2.05) is 55.5 Å². The summed E-state index contributed by atoms with van der Waals surface area (Å²) in [4.78, 5) is 8.65. The Bertz CT molecular complexity index is 618. The monoisotopic (exact) mass is 285 g/mol. The molecule has 2 aromatic rings. The summed E-state index contributed by atoms with van der Waals surface area (Å²) in [5.74, 6) is 0. The highest BCUT2D eigenvalue weighted by molar-refractivity contribution is 6.30. The van der Waals surface area contributed by atoms with E-state index in [1.165, 1.54) is 11.9 Å². The quantitative estimate of drug-likeness (QED) is 0.675. The third-order valence-electron chi connectivity index (χ3n) is 2.82. The highest BCUT2D eigenvalue weighted by atomic mass is 35.5. The van der Waals surface area contributed by atoms with Crippen molar-refractivity contribution in [2.24, 2.45) is 15.7 Å². The molecule has 0 aliphatic carbocycles. The Balaban J connectivity index is 2.23. The van der Waals surface area contributed by atoms with Gasteiger partial charge in [-0.15, -0.1) is 0 Å². The van der Waals surface area contributed by atoms with Gasteiger partial charge in [0, 0.05) is 11.2 Å². The molecule has 0 radical (unpaired) electrons. The number of hydrogen-bond donors (Lipinski definition) is 1. The van der Waals surface area contributed by atoms with E-state index in [0.29, 0.717) is 5.02 Å². The molecule has 0 bridgehead atoms. The van der Waals surface area contributed by atoms with E-state index < -0.39 is 0 Å². The van der Waals surface area contributed by atoms with Crippen LogP contribution < -0.4 is 5.73 Å². The predicted molar refractivity (Wildman–Crippen MR) is 85.6 cm³/mol. The molecule has 0 heterocycles. The van der Waals surface area contributed by atoms with Crippen LogP contribution in [0.2, 0.25) is 5.02 Å². The second-order valence-electron chi connectivity index (χ2n) is 4.42. The zero-order chi connectivity index (χ0) is 14.4. The molecular formula is C16H16ClN3. The summed E-state index contributed by atoms with van der Waals surface area (Å²) in [6.45, 7) is 2.04. The minimum Gasteiger partial charge on any atom is -0.390 e. The van der Waals surface area contributed by atoms with Gasteiger partial charge in [0.1, 0.15) is 0 Å². The number of benzene rings is 2. The molecule has 2 aromatic carbocycles. The van der Waals surface area contributed by atoms with Crippen LogP contribution in [0.1, 0.15) is 22.9 Å². The van der Waals surface area contributed by atoms with Crippen molar-refractivity contribution in [2.45, 2.75) is 13.1 Å². The summed E-state index contributed by atoms with van der Waals surface area (Å²) in [6, 6.07) is 15.6. The third-order valence-corrected chi connectivity index (χ3v) is 3.05. The Morgan fingerprint density at radius 2 is 1.85 bits per heavy atom. The van der Waals surface area contributed by atoms with Crippen molar-refractivity contribution >= 4 is 24.2 Å². The van der Waals surface area contributed by atoms with Gasteiger partial charge in [0.15, 0.2) is 6.17 Å². The Labute approximate surface area is 123 Å². The number of hydrogen-bond acceptors (Lipinski definition) is 2. The number of aryl methyl sites for hydroxylation is 1. The Morgan fingerprint density at radius 3 is 2.50 bits per heavy atom. The lowest BCUT2D eigenvalue weighted by Crippen LogP contribution is -1.98. The van der Waals surface area contributed by atoms with Gasteiger partial charge in [-0.3, -0.25) is 4.99 Å². The molecule has 0 spiro atoms. The fraction of sp³-hybridized carbons (Fsp3) is 0.125. The molecule has 0 fully saturated rings. The van der Waals surface area contributed by atoms with Crippen molar-refractivity contribution in [1.29, 1.82) is 0 Å². The molecule has 102 valence electrons. The SMILES string of the molecule is Cc1ccc(C(N=CN)N=Cc2cccc(Cl)c2)cc1. The van der Waals surface area contributed by atoms with E-state index in [-0.39, 0.29) is 6.17 Å². The molecule has 0 aliphatic heterocycles. The van der Waals surface area contributed by atoms with Crippen LogP contribution in [0.25, 0.3) is 0 Å². The van der Waals surface area contributed by atoms with E-state index >= 15 is 0 Å². The maximum Gasteiger partial charge on any atom is 0.166 e. The molecule has 0 saturated carbocycles. The van der Waals surface area contributed by atoms with Crippen LogP contribution >= 0.6 is 11.6 Å². The number of aliphatic imine (C=N–C) groups is 2. The topological polar surface area (TPSA) is 50.7 Å². The first kappa shape index (κ1) is 14.3. The first-order valence-electron chi connectivity index (χ1n) is 6.28. The number of nitrogens with zero attached hydrogens (tertiary/aromatic N) is 2. The van der Waals surface area contributed by atoms with Crippen LogP contribution in [-0.4, -0.2) is 12.6 Å². The van der Waals surface area contributed by atoms with Gasteiger partial charge < -0.3 is 5.73 Å². The Hall–Kier alpha value is -2.13. The molecule has 1 atom stereocenters. The minimum atomic E-state index is -0.334. The molecule has 4 heteroatoms. The largest absolute Gasteiger partial charge is 0.390 e.